The molecule has 0 unspecified atom stereocenters. The summed E-state index contributed by atoms with van der Waals surface area (Å²) in [5.74, 6) is 0.459. The Balaban J connectivity index is 0.000000858. The first-order valence-electron chi connectivity index (χ1n) is 11.8. The highest BCUT2D eigenvalue weighted by atomic mass is 16.5. The number of nitrogens with zero attached hydrogens (tertiary/aromatic N) is 2. The molecule has 2 fully saturated rings. The molecule has 7 heteroatoms. The van der Waals surface area contributed by atoms with Gasteiger partial charge in [0.2, 0.25) is 5.91 Å². The molecule has 172 valence electrons. The van der Waals surface area contributed by atoms with Crippen LogP contribution in [0.25, 0.3) is 0 Å². The fourth-order valence-corrected chi connectivity index (χ4v) is 5.22. The Morgan fingerprint density at radius 2 is 2.10 bits per heavy atom. The van der Waals surface area contributed by atoms with Gasteiger partial charge in [0.05, 0.1) is 6.10 Å². The molecule has 0 spiro atoms. The predicted octanol–water partition coefficient (Wildman–Crippen LogP) is 3.16. The number of pyridine rings is 1. The van der Waals surface area contributed by atoms with Crippen LogP contribution in [0, 0.1) is 5.92 Å². The minimum atomic E-state index is -0.250. The standard InChI is InChI=1S/C23H35N3O2.CH2O2/c1-2-14-28-22-10-9-17(15-21(22)25-19-7-3-4-8-19)23(27)26-13-11-20-18(16-26)6-5-12-24-20;2-1-3/h5-6,12,17,19,21-22,25H,2-4,7-11,13-16H2,1H3;1H,(H,2,3)/t17-,21+,22+;/m0./s1. The van der Waals surface area contributed by atoms with E-state index < -0.39 is 0 Å². The Bertz CT molecular complexity index is 708. The maximum Gasteiger partial charge on any atom is 0.290 e. The highest BCUT2D eigenvalue weighted by Crippen LogP contribution is 2.31. The second kappa shape index (κ2) is 12.2. The van der Waals surface area contributed by atoms with Crippen LogP contribution >= 0.6 is 0 Å². The summed E-state index contributed by atoms with van der Waals surface area (Å²) in [5.41, 5.74) is 2.37. The van der Waals surface area contributed by atoms with Crippen LogP contribution in [0.5, 0.6) is 0 Å². The van der Waals surface area contributed by atoms with E-state index in [0.717, 1.165) is 57.5 Å². The molecule has 1 aliphatic heterocycles. The molecule has 2 heterocycles. The van der Waals surface area contributed by atoms with Crippen molar-refractivity contribution in [3.63, 3.8) is 0 Å². The second-order valence-electron chi connectivity index (χ2n) is 8.90. The topological polar surface area (TPSA) is 91.8 Å². The van der Waals surface area contributed by atoms with Crippen molar-refractivity contribution in [1.29, 1.82) is 0 Å². The highest BCUT2D eigenvalue weighted by molar-refractivity contribution is 5.79. The fourth-order valence-electron chi connectivity index (χ4n) is 5.22. The highest BCUT2D eigenvalue weighted by Gasteiger charge is 2.38. The maximum atomic E-state index is 13.3. The van der Waals surface area contributed by atoms with Crippen LogP contribution in [0.3, 0.4) is 0 Å². The number of carbonyl (C=O) groups excluding carboxylic acids is 1. The minimum Gasteiger partial charge on any atom is -0.483 e. The Kier molecular flexibility index (Phi) is 9.28. The molecule has 0 aromatic carbocycles. The summed E-state index contributed by atoms with van der Waals surface area (Å²) in [6.07, 6.45) is 12.1. The lowest BCUT2D eigenvalue weighted by molar-refractivity contribution is -0.139. The number of ether oxygens (including phenoxy) is 1. The lowest BCUT2D eigenvalue weighted by Crippen LogP contribution is -2.52. The smallest absolute Gasteiger partial charge is 0.290 e. The molecule has 3 aliphatic rings. The Hall–Kier alpha value is -1.99. The Morgan fingerprint density at radius 1 is 1.32 bits per heavy atom. The van der Waals surface area contributed by atoms with Crippen molar-refractivity contribution in [2.75, 3.05) is 13.2 Å². The van der Waals surface area contributed by atoms with Crippen LogP contribution in [-0.4, -0.2) is 58.7 Å². The zero-order chi connectivity index (χ0) is 22.1. The molecule has 1 aromatic heterocycles. The first kappa shape index (κ1) is 23.7. The molecule has 0 radical (unpaired) electrons. The van der Waals surface area contributed by atoms with E-state index in [1.807, 2.05) is 12.3 Å². The normalized spacial score (nSPS) is 26.0. The van der Waals surface area contributed by atoms with Crippen molar-refractivity contribution in [2.45, 2.75) is 89.4 Å². The Morgan fingerprint density at radius 3 is 2.84 bits per heavy atom. The van der Waals surface area contributed by atoms with Crippen LogP contribution in [-0.2, 0) is 27.3 Å². The average molecular weight is 432 g/mol. The molecule has 2 saturated carbocycles. The van der Waals surface area contributed by atoms with Gasteiger partial charge >= 0.3 is 0 Å². The van der Waals surface area contributed by atoms with Gasteiger partial charge in [-0.05, 0) is 50.2 Å². The van der Waals surface area contributed by atoms with E-state index in [0.29, 0.717) is 18.0 Å². The van der Waals surface area contributed by atoms with Gasteiger partial charge in [-0.3, -0.25) is 14.6 Å². The number of rotatable bonds is 6. The van der Waals surface area contributed by atoms with E-state index in [4.69, 9.17) is 14.6 Å². The third-order valence-corrected chi connectivity index (χ3v) is 6.75. The molecular weight excluding hydrogens is 394 g/mol. The minimum absolute atomic E-state index is 0.124. The van der Waals surface area contributed by atoms with Crippen molar-refractivity contribution >= 4 is 12.4 Å². The third kappa shape index (κ3) is 6.50. The second-order valence-corrected chi connectivity index (χ2v) is 8.90. The van der Waals surface area contributed by atoms with Gasteiger partial charge in [0.15, 0.2) is 0 Å². The molecule has 2 N–H and O–H groups in total. The first-order chi connectivity index (χ1) is 15.2. The number of nitrogens with one attached hydrogen (secondary N) is 1. The lowest BCUT2D eigenvalue weighted by Gasteiger charge is -2.40. The van der Waals surface area contributed by atoms with Crippen LogP contribution in [0.15, 0.2) is 18.3 Å². The van der Waals surface area contributed by atoms with Crippen molar-refractivity contribution < 1.29 is 19.4 Å². The van der Waals surface area contributed by atoms with Crippen molar-refractivity contribution in [1.82, 2.24) is 15.2 Å². The zero-order valence-corrected chi connectivity index (χ0v) is 18.7. The van der Waals surface area contributed by atoms with Crippen LogP contribution in [0.1, 0.15) is 69.5 Å². The SMILES string of the molecule is CCCO[C@@H]1CC[C@H](C(=O)N2CCc3ncccc3C2)C[C@H]1NC1CCCC1.O=CO. The van der Waals surface area contributed by atoms with E-state index in [1.165, 1.54) is 31.2 Å². The van der Waals surface area contributed by atoms with E-state index >= 15 is 0 Å². The van der Waals surface area contributed by atoms with Gasteiger partial charge in [0, 0.05) is 56.0 Å². The number of fused-ring (bicyclic) bond motifs is 1. The molecule has 0 saturated heterocycles. The van der Waals surface area contributed by atoms with Gasteiger partial charge < -0.3 is 20.1 Å². The van der Waals surface area contributed by atoms with Gasteiger partial charge in [0.25, 0.3) is 6.47 Å². The summed E-state index contributed by atoms with van der Waals surface area (Å²) in [4.78, 5) is 28.2. The van der Waals surface area contributed by atoms with Gasteiger partial charge in [-0.25, -0.2) is 0 Å². The summed E-state index contributed by atoms with van der Waals surface area (Å²) in [6.45, 7) is 4.25. The number of hydrogen-bond acceptors (Lipinski definition) is 5. The lowest BCUT2D eigenvalue weighted by atomic mass is 9.82. The number of hydrogen-bond donors (Lipinski definition) is 2. The maximum absolute atomic E-state index is 13.3. The van der Waals surface area contributed by atoms with E-state index in [1.54, 1.807) is 0 Å². The van der Waals surface area contributed by atoms with E-state index in [2.05, 4.69) is 28.2 Å². The molecule has 1 amide bonds. The fraction of sp³-hybridized carbons (Fsp3) is 0.708. The summed E-state index contributed by atoms with van der Waals surface area (Å²) < 4.78 is 6.18. The van der Waals surface area contributed by atoms with Crippen molar-refractivity contribution in [3.8, 4) is 0 Å². The predicted molar refractivity (Wildman–Crippen MR) is 119 cm³/mol. The average Bonchev–Trinajstić information content (AvgIpc) is 3.31. The molecule has 2 aliphatic carbocycles. The molecular formula is C24H37N3O4. The van der Waals surface area contributed by atoms with Gasteiger partial charge in [-0.2, -0.15) is 0 Å². The van der Waals surface area contributed by atoms with Crippen molar-refractivity contribution in [3.05, 3.63) is 29.6 Å². The van der Waals surface area contributed by atoms with Crippen LogP contribution in [0.2, 0.25) is 0 Å². The molecule has 1 aromatic rings. The summed E-state index contributed by atoms with van der Waals surface area (Å²) in [5, 5.41) is 10.8. The van der Waals surface area contributed by atoms with E-state index in [9.17, 15) is 4.79 Å². The number of aromatic nitrogens is 1. The molecule has 0 bridgehead atoms. The summed E-state index contributed by atoms with van der Waals surface area (Å²) >= 11 is 0. The molecule has 31 heavy (non-hydrogen) atoms. The zero-order valence-electron chi connectivity index (χ0n) is 18.7. The first-order valence-corrected chi connectivity index (χ1v) is 11.8. The third-order valence-electron chi connectivity index (χ3n) is 6.75. The summed E-state index contributed by atoms with van der Waals surface area (Å²) in [6, 6.07) is 5.02. The van der Waals surface area contributed by atoms with Crippen molar-refractivity contribution in [2.24, 2.45) is 5.92 Å². The molecule has 3 atom stereocenters. The van der Waals surface area contributed by atoms with Gasteiger partial charge in [0.1, 0.15) is 0 Å². The van der Waals surface area contributed by atoms with Gasteiger partial charge in [-0.15, -0.1) is 0 Å². The van der Waals surface area contributed by atoms with Crippen LogP contribution in [0.4, 0.5) is 0 Å². The largest absolute Gasteiger partial charge is 0.483 e. The Labute approximate surface area is 185 Å². The monoisotopic (exact) mass is 431 g/mol. The number of carbonyl (C=O) groups is 2. The number of carboxylic acid groups (broad SMARTS) is 1. The van der Waals surface area contributed by atoms with Gasteiger partial charge in [-0.1, -0.05) is 25.8 Å². The molecule has 4 rings (SSSR count). The quantitative estimate of drug-likeness (QED) is 0.672. The van der Waals surface area contributed by atoms with Crippen LogP contribution < -0.4 is 5.32 Å². The van der Waals surface area contributed by atoms with E-state index in [-0.39, 0.29) is 18.5 Å². The summed E-state index contributed by atoms with van der Waals surface area (Å²) in [7, 11) is 0. The molecule has 7 nitrogen and oxygen atoms in total. The number of amides is 1.